The summed E-state index contributed by atoms with van der Waals surface area (Å²) in [5.41, 5.74) is 5.97. The van der Waals surface area contributed by atoms with Crippen molar-refractivity contribution in [3.05, 3.63) is 72.2 Å². The highest BCUT2D eigenvalue weighted by atomic mass is 16.3. The topological polar surface area (TPSA) is 97.4 Å². The molecule has 0 saturated heterocycles. The Kier molecular flexibility index (Phi) is 6.67. The smallest absolute Gasteiger partial charge is 0.326 e. The molecule has 0 aliphatic carbocycles. The number of aryl methyl sites for hydroxylation is 1. The maximum Gasteiger partial charge on any atom is 0.326 e. The van der Waals surface area contributed by atoms with Gasteiger partial charge in [-0.3, -0.25) is 4.90 Å². The van der Waals surface area contributed by atoms with Gasteiger partial charge < -0.3 is 20.3 Å². The Morgan fingerprint density at radius 1 is 1.03 bits per heavy atom. The van der Waals surface area contributed by atoms with Gasteiger partial charge in [-0.1, -0.05) is 24.3 Å². The van der Waals surface area contributed by atoms with Crippen molar-refractivity contribution in [1.82, 2.24) is 19.9 Å². The number of H-pyrrole nitrogens is 1. The van der Waals surface area contributed by atoms with Gasteiger partial charge in [0.15, 0.2) is 0 Å². The Morgan fingerprint density at radius 3 is 2.42 bits per heavy atom. The molecule has 0 aliphatic rings. The van der Waals surface area contributed by atoms with Gasteiger partial charge in [-0.25, -0.2) is 14.8 Å². The average Bonchev–Trinajstić information content (AvgIpc) is 3.21. The van der Waals surface area contributed by atoms with Crippen LogP contribution in [0.5, 0.6) is 0 Å². The van der Waals surface area contributed by atoms with E-state index >= 15 is 0 Å². The van der Waals surface area contributed by atoms with Crippen LogP contribution in [0.1, 0.15) is 11.1 Å². The molecule has 2 heterocycles. The largest absolute Gasteiger partial charge is 0.392 e. The summed E-state index contributed by atoms with van der Waals surface area (Å²) in [5.74, 6) is 0. The summed E-state index contributed by atoms with van der Waals surface area (Å²) in [7, 11) is 3.94. The fraction of sp³-hybridized carbons (Fsp3) is 0.240. The van der Waals surface area contributed by atoms with Crippen molar-refractivity contribution in [2.45, 2.75) is 13.5 Å². The van der Waals surface area contributed by atoms with Crippen LogP contribution in [0, 0.1) is 6.92 Å². The van der Waals surface area contributed by atoms with E-state index in [1.165, 1.54) is 0 Å². The number of aliphatic hydroxyl groups excluding tert-OH is 1. The van der Waals surface area contributed by atoms with Crippen LogP contribution in [0.2, 0.25) is 0 Å². The standard InChI is InChI=1S/C25H28N6O2/c1-17-14-26-24-22(17)23(27-16-28-24)19-6-8-20(9-7-19)29-25(33)31(13-12-30(2)3)21-10-4-18(15-32)5-11-21/h4-11,14,16,32H,12-13,15H2,1-3H3,(H,29,33)(H,26,27,28). The van der Waals surface area contributed by atoms with E-state index in [2.05, 4.69) is 20.3 Å². The van der Waals surface area contributed by atoms with Crippen molar-refractivity contribution >= 4 is 28.4 Å². The maximum atomic E-state index is 13.1. The fourth-order valence-electron chi connectivity index (χ4n) is 3.67. The highest BCUT2D eigenvalue weighted by Gasteiger charge is 2.17. The van der Waals surface area contributed by atoms with Gasteiger partial charge in [0.2, 0.25) is 0 Å². The third-order valence-corrected chi connectivity index (χ3v) is 5.52. The number of nitrogens with one attached hydrogen (secondary N) is 2. The first kappa shape index (κ1) is 22.4. The highest BCUT2D eigenvalue weighted by molar-refractivity contribution is 6.02. The van der Waals surface area contributed by atoms with Crippen LogP contribution in [0.15, 0.2) is 61.1 Å². The molecular weight excluding hydrogens is 416 g/mol. The Hall–Kier alpha value is -3.75. The van der Waals surface area contributed by atoms with Crippen molar-refractivity contribution in [2.75, 3.05) is 37.4 Å². The number of nitrogens with zero attached hydrogens (tertiary/aromatic N) is 4. The number of hydrogen-bond acceptors (Lipinski definition) is 5. The molecule has 2 aromatic carbocycles. The van der Waals surface area contributed by atoms with Crippen molar-refractivity contribution in [2.24, 2.45) is 0 Å². The zero-order valence-electron chi connectivity index (χ0n) is 19.0. The molecule has 4 rings (SSSR count). The number of amides is 2. The lowest BCUT2D eigenvalue weighted by Gasteiger charge is -2.25. The normalized spacial score (nSPS) is 11.2. The number of fused-ring (bicyclic) bond motifs is 1. The predicted molar refractivity (Wildman–Crippen MR) is 131 cm³/mol. The van der Waals surface area contributed by atoms with Crippen molar-refractivity contribution in [3.63, 3.8) is 0 Å². The summed E-state index contributed by atoms with van der Waals surface area (Å²) in [6.45, 7) is 3.24. The number of carbonyl (C=O) groups is 1. The summed E-state index contributed by atoms with van der Waals surface area (Å²) in [5, 5.41) is 13.3. The molecule has 0 spiro atoms. The number of aromatic nitrogens is 3. The van der Waals surface area contributed by atoms with Crippen LogP contribution in [0.25, 0.3) is 22.3 Å². The summed E-state index contributed by atoms with van der Waals surface area (Å²) >= 11 is 0. The molecule has 3 N–H and O–H groups in total. The summed E-state index contributed by atoms with van der Waals surface area (Å²) in [6, 6.07) is 14.8. The van der Waals surface area contributed by atoms with Crippen LogP contribution < -0.4 is 10.2 Å². The first-order valence-corrected chi connectivity index (χ1v) is 10.8. The van der Waals surface area contributed by atoms with Crippen molar-refractivity contribution < 1.29 is 9.90 Å². The number of carbonyl (C=O) groups excluding carboxylic acids is 1. The van der Waals surface area contributed by atoms with E-state index in [0.717, 1.165) is 39.1 Å². The lowest BCUT2D eigenvalue weighted by Crippen LogP contribution is -2.39. The van der Waals surface area contributed by atoms with E-state index in [1.54, 1.807) is 11.2 Å². The van der Waals surface area contributed by atoms with Gasteiger partial charge >= 0.3 is 6.03 Å². The maximum absolute atomic E-state index is 13.1. The van der Waals surface area contributed by atoms with E-state index in [1.807, 2.05) is 80.6 Å². The Bertz CT molecular complexity index is 1230. The van der Waals surface area contributed by atoms with Crippen LogP contribution >= 0.6 is 0 Å². The average molecular weight is 445 g/mol. The number of rotatable bonds is 7. The Labute approximate surface area is 192 Å². The molecule has 2 aromatic heterocycles. The van der Waals surface area contributed by atoms with E-state index in [-0.39, 0.29) is 12.6 Å². The van der Waals surface area contributed by atoms with Gasteiger partial charge in [-0.05, 0) is 56.4 Å². The molecular formula is C25H28N6O2. The third-order valence-electron chi connectivity index (χ3n) is 5.52. The van der Waals surface area contributed by atoms with Gasteiger partial charge in [0.05, 0.1) is 12.3 Å². The summed E-state index contributed by atoms with van der Waals surface area (Å²) in [4.78, 5) is 28.8. The predicted octanol–water partition coefficient (Wildman–Crippen LogP) is 4.03. The van der Waals surface area contributed by atoms with Crippen molar-refractivity contribution in [3.8, 4) is 11.3 Å². The third kappa shape index (κ3) is 5.02. The molecule has 0 saturated carbocycles. The summed E-state index contributed by atoms with van der Waals surface area (Å²) < 4.78 is 0. The number of likely N-dealkylation sites (N-methyl/N-ethyl adjacent to an activating group) is 1. The molecule has 0 radical (unpaired) electrons. The monoisotopic (exact) mass is 444 g/mol. The Morgan fingerprint density at radius 2 is 1.76 bits per heavy atom. The lowest BCUT2D eigenvalue weighted by atomic mass is 10.1. The second-order valence-corrected chi connectivity index (χ2v) is 8.20. The van der Waals surface area contributed by atoms with E-state index < -0.39 is 0 Å². The number of anilines is 2. The first-order chi connectivity index (χ1) is 16.0. The van der Waals surface area contributed by atoms with Gasteiger partial charge in [-0.15, -0.1) is 0 Å². The molecule has 0 unspecified atom stereocenters. The number of aromatic amines is 1. The van der Waals surface area contributed by atoms with E-state index in [9.17, 15) is 9.90 Å². The zero-order valence-corrected chi connectivity index (χ0v) is 19.0. The molecule has 4 aromatic rings. The van der Waals surface area contributed by atoms with Gasteiger partial charge in [0.25, 0.3) is 0 Å². The first-order valence-electron chi connectivity index (χ1n) is 10.8. The van der Waals surface area contributed by atoms with Crippen LogP contribution in [0.4, 0.5) is 16.2 Å². The van der Waals surface area contributed by atoms with Gasteiger partial charge in [0.1, 0.15) is 12.0 Å². The molecule has 8 nitrogen and oxygen atoms in total. The molecule has 8 heteroatoms. The number of urea groups is 1. The lowest BCUT2D eigenvalue weighted by molar-refractivity contribution is 0.256. The van der Waals surface area contributed by atoms with Gasteiger partial charge in [-0.2, -0.15) is 0 Å². The van der Waals surface area contributed by atoms with Crippen molar-refractivity contribution in [1.29, 1.82) is 0 Å². The molecule has 0 atom stereocenters. The molecule has 0 bridgehead atoms. The fourth-order valence-corrected chi connectivity index (χ4v) is 3.67. The summed E-state index contributed by atoms with van der Waals surface area (Å²) in [6.07, 6.45) is 3.47. The van der Waals surface area contributed by atoms with E-state index in [0.29, 0.717) is 18.8 Å². The Balaban J connectivity index is 1.54. The highest BCUT2D eigenvalue weighted by Crippen LogP contribution is 2.28. The minimum atomic E-state index is -0.216. The minimum absolute atomic E-state index is 0.0303. The molecule has 0 fully saturated rings. The number of hydrogen-bond donors (Lipinski definition) is 3. The van der Waals surface area contributed by atoms with Gasteiger partial charge in [0, 0.05) is 41.6 Å². The number of benzene rings is 2. The SMILES string of the molecule is Cc1c[nH]c2ncnc(-c3ccc(NC(=O)N(CCN(C)C)c4ccc(CO)cc4)cc3)c12. The van der Waals surface area contributed by atoms with Crippen LogP contribution in [0.3, 0.4) is 0 Å². The van der Waals surface area contributed by atoms with Crippen LogP contribution in [-0.2, 0) is 6.61 Å². The quantitative estimate of drug-likeness (QED) is 0.400. The van der Waals surface area contributed by atoms with E-state index in [4.69, 9.17) is 0 Å². The number of aliphatic hydroxyl groups is 1. The molecule has 2 amide bonds. The van der Waals surface area contributed by atoms with Crippen LogP contribution in [-0.4, -0.2) is 58.2 Å². The molecule has 33 heavy (non-hydrogen) atoms. The molecule has 0 aliphatic heterocycles. The zero-order chi connectivity index (χ0) is 23.4. The second kappa shape index (κ2) is 9.81. The minimum Gasteiger partial charge on any atom is -0.392 e. The second-order valence-electron chi connectivity index (χ2n) is 8.20. The molecule has 170 valence electrons.